The molecule has 1 saturated carbocycles. The van der Waals surface area contributed by atoms with Crippen LogP contribution in [0.15, 0.2) is 64.0 Å². The highest BCUT2D eigenvalue weighted by molar-refractivity contribution is 9.10. The molecule has 0 saturated heterocycles. The third kappa shape index (κ3) is 3.43. The Labute approximate surface area is 175 Å². The normalized spacial score (nSPS) is 25.8. The average Bonchev–Trinajstić information content (AvgIpc) is 3.40. The Morgan fingerprint density at radius 2 is 1.86 bits per heavy atom. The van der Waals surface area contributed by atoms with Crippen molar-refractivity contribution in [2.45, 2.75) is 42.5 Å². The number of nitrogens with one attached hydrogen (secondary N) is 1. The van der Waals surface area contributed by atoms with Crippen molar-refractivity contribution in [3.8, 4) is 0 Å². The quantitative estimate of drug-likeness (QED) is 0.572. The van der Waals surface area contributed by atoms with Gasteiger partial charge in [-0.2, -0.15) is 0 Å². The summed E-state index contributed by atoms with van der Waals surface area (Å²) in [6.45, 7) is 0. The van der Waals surface area contributed by atoms with Gasteiger partial charge < -0.3 is 5.32 Å². The summed E-state index contributed by atoms with van der Waals surface area (Å²) < 4.78 is 26.7. The Morgan fingerprint density at radius 1 is 1.07 bits per heavy atom. The Morgan fingerprint density at radius 3 is 2.61 bits per heavy atom. The highest BCUT2D eigenvalue weighted by atomic mass is 79.9. The molecular weight excluding hydrogens is 434 g/mol. The first-order valence-electron chi connectivity index (χ1n) is 10.1. The minimum absolute atomic E-state index is 0.234. The van der Waals surface area contributed by atoms with Crippen molar-refractivity contribution < 1.29 is 8.42 Å². The summed E-state index contributed by atoms with van der Waals surface area (Å²) in [5.74, 6) is 1.58. The molecule has 5 heteroatoms. The first kappa shape index (κ1) is 18.4. The highest BCUT2D eigenvalue weighted by Crippen LogP contribution is 2.50. The predicted molar refractivity (Wildman–Crippen MR) is 116 cm³/mol. The van der Waals surface area contributed by atoms with Crippen molar-refractivity contribution in [3.63, 3.8) is 0 Å². The van der Waals surface area contributed by atoms with E-state index in [2.05, 4.69) is 57.7 Å². The van der Waals surface area contributed by atoms with Crippen LogP contribution in [0.1, 0.15) is 48.8 Å². The number of rotatable bonds is 5. The average molecular weight is 458 g/mol. The molecule has 2 aromatic carbocycles. The maximum atomic E-state index is 12.8. The van der Waals surface area contributed by atoms with Crippen LogP contribution >= 0.6 is 15.9 Å². The molecule has 3 nitrogen and oxygen atoms in total. The van der Waals surface area contributed by atoms with Crippen LogP contribution in [0.25, 0.3) is 0 Å². The van der Waals surface area contributed by atoms with E-state index in [0.717, 1.165) is 28.6 Å². The molecule has 3 atom stereocenters. The summed E-state index contributed by atoms with van der Waals surface area (Å²) in [5.41, 5.74) is 3.45. The molecule has 2 aliphatic carbocycles. The summed E-state index contributed by atoms with van der Waals surface area (Å²) in [6.07, 6.45) is 8.69. The molecule has 0 radical (unpaired) electrons. The zero-order valence-electron chi connectivity index (χ0n) is 15.6. The highest BCUT2D eigenvalue weighted by Gasteiger charge is 2.38. The van der Waals surface area contributed by atoms with Gasteiger partial charge in [-0.15, -0.1) is 0 Å². The lowest BCUT2D eigenvalue weighted by Crippen LogP contribution is -2.29. The SMILES string of the molecule is O=S(=O)(CCC1CC1)c1ccc2c(c1)[C@H]1C=CC[C@H]1[C@@H](c1ccc(Br)cc1)N2. The fourth-order valence-electron chi connectivity index (χ4n) is 4.61. The molecule has 0 unspecified atom stereocenters. The zero-order chi connectivity index (χ0) is 19.3. The molecule has 0 bridgehead atoms. The van der Waals surface area contributed by atoms with E-state index in [1.165, 1.54) is 18.4 Å². The summed E-state index contributed by atoms with van der Waals surface area (Å²) in [7, 11) is -3.21. The maximum absolute atomic E-state index is 12.8. The van der Waals surface area contributed by atoms with E-state index >= 15 is 0 Å². The largest absolute Gasteiger partial charge is 0.378 e. The standard InChI is InChI=1S/C23H24BrNO2S/c24-17-8-6-16(7-9-17)23-20-3-1-2-19(20)21-14-18(10-11-22(21)25-23)28(26,27)13-12-15-4-5-15/h1-2,6-11,14-15,19-20,23,25H,3-5,12-13H2/t19-,20+,23+/m0/s1. The lowest BCUT2D eigenvalue weighted by atomic mass is 9.77. The van der Waals surface area contributed by atoms with Crippen molar-refractivity contribution >= 4 is 31.5 Å². The van der Waals surface area contributed by atoms with Gasteiger partial charge in [0, 0.05) is 16.1 Å². The minimum Gasteiger partial charge on any atom is -0.378 e. The molecule has 1 heterocycles. The maximum Gasteiger partial charge on any atom is 0.178 e. The Hall–Kier alpha value is -1.59. The van der Waals surface area contributed by atoms with Crippen molar-refractivity contribution in [2.75, 3.05) is 11.1 Å². The van der Waals surface area contributed by atoms with Crippen LogP contribution in [0.3, 0.4) is 0 Å². The number of anilines is 1. The van der Waals surface area contributed by atoms with Gasteiger partial charge in [-0.3, -0.25) is 0 Å². The van der Waals surface area contributed by atoms with Crippen LogP contribution in [0, 0.1) is 11.8 Å². The van der Waals surface area contributed by atoms with Crippen LogP contribution in [-0.4, -0.2) is 14.2 Å². The van der Waals surface area contributed by atoms with Crippen LogP contribution in [0.2, 0.25) is 0 Å². The smallest absolute Gasteiger partial charge is 0.178 e. The van der Waals surface area contributed by atoms with Crippen LogP contribution < -0.4 is 5.32 Å². The molecule has 0 spiro atoms. The molecule has 1 N–H and O–H groups in total. The number of sulfone groups is 1. The summed E-state index contributed by atoms with van der Waals surface area (Å²) in [6, 6.07) is 14.4. The lowest BCUT2D eigenvalue weighted by Gasteiger charge is -2.37. The van der Waals surface area contributed by atoms with Crippen molar-refractivity contribution in [3.05, 3.63) is 70.2 Å². The van der Waals surface area contributed by atoms with Crippen molar-refractivity contribution in [1.29, 1.82) is 0 Å². The topological polar surface area (TPSA) is 46.2 Å². The summed E-state index contributed by atoms with van der Waals surface area (Å²) >= 11 is 3.51. The molecule has 0 aromatic heterocycles. The van der Waals surface area contributed by atoms with Gasteiger partial charge in [-0.25, -0.2) is 8.42 Å². The van der Waals surface area contributed by atoms with Gasteiger partial charge in [0.2, 0.25) is 0 Å². The van der Waals surface area contributed by atoms with Gasteiger partial charge in [-0.1, -0.05) is 53.1 Å². The molecule has 146 valence electrons. The number of fused-ring (bicyclic) bond motifs is 3. The Bertz CT molecular complexity index is 1030. The van der Waals surface area contributed by atoms with E-state index in [9.17, 15) is 8.42 Å². The molecule has 2 aromatic rings. The van der Waals surface area contributed by atoms with Gasteiger partial charge in [0.15, 0.2) is 9.84 Å². The monoisotopic (exact) mass is 457 g/mol. The number of benzene rings is 2. The predicted octanol–water partition coefficient (Wildman–Crippen LogP) is 5.85. The van der Waals surface area contributed by atoms with Gasteiger partial charge in [0.05, 0.1) is 16.7 Å². The van der Waals surface area contributed by atoms with Crippen molar-refractivity contribution in [2.24, 2.45) is 11.8 Å². The lowest BCUT2D eigenvalue weighted by molar-refractivity contribution is 0.425. The van der Waals surface area contributed by atoms with E-state index < -0.39 is 9.84 Å². The van der Waals surface area contributed by atoms with E-state index in [-0.39, 0.29) is 17.7 Å². The third-order valence-corrected chi connectivity index (χ3v) is 8.69. The van der Waals surface area contributed by atoms with Gasteiger partial charge in [0.1, 0.15) is 0 Å². The molecule has 1 fully saturated rings. The first-order chi connectivity index (χ1) is 13.5. The van der Waals surface area contributed by atoms with E-state index in [0.29, 0.717) is 16.7 Å². The summed E-state index contributed by atoms with van der Waals surface area (Å²) in [4.78, 5) is 0.481. The molecule has 5 rings (SSSR count). The van der Waals surface area contributed by atoms with E-state index in [4.69, 9.17) is 0 Å². The molecule has 28 heavy (non-hydrogen) atoms. The molecule has 1 aliphatic heterocycles. The third-order valence-electron chi connectivity index (χ3n) is 6.41. The van der Waals surface area contributed by atoms with Crippen LogP contribution in [-0.2, 0) is 9.84 Å². The second kappa shape index (κ2) is 7.03. The first-order valence-corrected chi connectivity index (χ1v) is 12.5. The number of halogens is 1. The van der Waals surface area contributed by atoms with Crippen molar-refractivity contribution in [1.82, 2.24) is 0 Å². The number of hydrogen-bond donors (Lipinski definition) is 1. The van der Waals surface area contributed by atoms with Gasteiger partial charge in [-0.05, 0) is 66.1 Å². The molecule has 3 aliphatic rings. The second-order valence-electron chi connectivity index (χ2n) is 8.33. The summed E-state index contributed by atoms with van der Waals surface area (Å²) in [5, 5.41) is 3.69. The fraction of sp³-hybridized carbons (Fsp3) is 0.391. The van der Waals surface area contributed by atoms with Gasteiger partial charge >= 0.3 is 0 Å². The zero-order valence-corrected chi connectivity index (χ0v) is 18.0. The Kier molecular flexibility index (Phi) is 4.63. The number of allylic oxidation sites excluding steroid dienone is 2. The van der Waals surface area contributed by atoms with E-state index in [1.54, 1.807) is 6.07 Å². The van der Waals surface area contributed by atoms with Gasteiger partial charge in [0.25, 0.3) is 0 Å². The Balaban J connectivity index is 1.47. The molecular formula is C23H24BrNO2S. The second-order valence-corrected chi connectivity index (χ2v) is 11.4. The van der Waals surface area contributed by atoms with Crippen LogP contribution in [0.5, 0.6) is 0 Å². The minimum atomic E-state index is -3.21. The molecule has 0 amide bonds. The number of hydrogen-bond acceptors (Lipinski definition) is 3. The van der Waals surface area contributed by atoms with Crippen LogP contribution in [0.4, 0.5) is 5.69 Å². The fourth-order valence-corrected chi connectivity index (χ4v) is 6.34. The van der Waals surface area contributed by atoms with E-state index in [1.807, 2.05) is 12.1 Å².